The molecule has 0 radical (unpaired) electrons. The van der Waals surface area contributed by atoms with Crippen molar-refractivity contribution >= 4 is 23.2 Å². The molecule has 5 nitrogen and oxygen atoms in total. The first kappa shape index (κ1) is 13.0. The molecule has 1 aromatic heterocycles. The molecule has 0 atom stereocenters. The van der Waals surface area contributed by atoms with E-state index in [0.29, 0.717) is 11.3 Å². The van der Waals surface area contributed by atoms with Gasteiger partial charge in [0.2, 0.25) is 0 Å². The van der Waals surface area contributed by atoms with Gasteiger partial charge >= 0.3 is 0 Å². The first-order valence-corrected chi connectivity index (χ1v) is 5.78. The van der Waals surface area contributed by atoms with Gasteiger partial charge in [0.1, 0.15) is 16.9 Å². The highest BCUT2D eigenvalue weighted by Gasteiger charge is 2.11. The van der Waals surface area contributed by atoms with Gasteiger partial charge in [0.25, 0.3) is 5.91 Å². The second kappa shape index (κ2) is 5.46. The van der Waals surface area contributed by atoms with Crippen molar-refractivity contribution in [3.05, 3.63) is 52.6 Å². The highest BCUT2D eigenvalue weighted by Crippen LogP contribution is 2.18. The van der Waals surface area contributed by atoms with Gasteiger partial charge in [-0.15, -0.1) is 0 Å². The number of carbonyl (C=O) groups excluding carboxylic acids is 1. The molecule has 94 valence electrons. The van der Waals surface area contributed by atoms with Gasteiger partial charge < -0.3 is 5.32 Å². The molecule has 2 aromatic rings. The van der Waals surface area contributed by atoms with Crippen molar-refractivity contribution in [2.75, 3.05) is 5.32 Å². The van der Waals surface area contributed by atoms with Crippen LogP contribution in [0.15, 0.2) is 30.6 Å². The molecule has 0 aliphatic heterocycles. The molecule has 0 saturated carbocycles. The van der Waals surface area contributed by atoms with Crippen LogP contribution in [0.1, 0.15) is 21.6 Å². The van der Waals surface area contributed by atoms with Crippen LogP contribution in [0.5, 0.6) is 0 Å². The van der Waals surface area contributed by atoms with E-state index >= 15 is 0 Å². The van der Waals surface area contributed by atoms with E-state index in [2.05, 4.69) is 21.4 Å². The number of benzene rings is 1. The van der Waals surface area contributed by atoms with Gasteiger partial charge in [0.15, 0.2) is 0 Å². The molecule has 6 heteroatoms. The highest BCUT2D eigenvalue weighted by atomic mass is 35.5. The lowest BCUT2D eigenvalue weighted by Crippen LogP contribution is -2.15. The van der Waals surface area contributed by atoms with E-state index in [1.54, 1.807) is 25.1 Å². The Kier molecular flexibility index (Phi) is 3.74. The average Bonchev–Trinajstić information content (AvgIpc) is 2.39. The fraction of sp³-hybridized carbons (Fsp3) is 0.0769. The first-order valence-electron chi connectivity index (χ1n) is 5.40. The van der Waals surface area contributed by atoms with Crippen molar-refractivity contribution in [3.63, 3.8) is 0 Å². The van der Waals surface area contributed by atoms with Crippen LogP contribution in [0, 0.1) is 18.3 Å². The normalized spacial score (nSPS) is 9.74. The molecule has 0 aliphatic carbocycles. The van der Waals surface area contributed by atoms with E-state index in [4.69, 9.17) is 16.9 Å². The predicted octanol–water partition coefficient (Wildman–Crippen LogP) is 2.56. The van der Waals surface area contributed by atoms with E-state index in [1.807, 2.05) is 0 Å². The molecule has 2 rings (SSSR count). The predicted molar refractivity (Wildman–Crippen MR) is 70.9 cm³/mol. The van der Waals surface area contributed by atoms with Gasteiger partial charge in [-0.3, -0.25) is 4.79 Å². The molecule has 1 aromatic carbocycles. The maximum Gasteiger partial charge on any atom is 0.275 e. The number of nitriles is 1. The molecular formula is C13H9ClN4O. The molecule has 0 spiro atoms. The van der Waals surface area contributed by atoms with E-state index < -0.39 is 5.91 Å². The van der Waals surface area contributed by atoms with Crippen molar-refractivity contribution in [2.24, 2.45) is 0 Å². The van der Waals surface area contributed by atoms with Crippen molar-refractivity contribution in [1.82, 2.24) is 9.97 Å². The number of anilines is 1. The lowest BCUT2D eigenvalue weighted by atomic mass is 10.1. The summed E-state index contributed by atoms with van der Waals surface area (Å²) < 4.78 is 0. The Morgan fingerprint density at radius 1 is 1.37 bits per heavy atom. The zero-order valence-electron chi connectivity index (χ0n) is 10.0. The summed E-state index contributed by atoms with van der Waals surface area (Å²) in [6, 6.07) is 7.28. The summed E-state index contributed by atoms with van der Waals surface area (Å²) >= 11 is 5.60. The Hall–Kier alpha value is -2.45. The Morgan fingerprint density at radius 2 is 2.16 bits per heavy atom. The van der Waals surface area contributed by atoms with Gasteiger partial charge in [-0.1, -0.05) is 23.7 Å². The SMILES string of the molecule is Cc1cccc(NC(=O)c2cnc(Cl)cn2)c1C#N. The number of hydrogen-bond acceptors (Lipinski definition) is 4. The number of halogens is 1. The van der Waals surface area contributed by atoms with Gasteiger partial charge in [-0.25, -0.2) is 9.97 Å². The molecule has 0 fully saturated rings. The Bertz CT molecular complexity index is 661. The van der Waals surface area contributed by atoms with Crippen LogP contribution in [-0.4, -0.2) is 15.9 Å². The lowest BCUT2D eigenvalue weighted by molar-refractivity contribution is 0.102. The number of aryl methyl sites for hydroxylation is 1. The molecule has 1 heterocycles. The summed E-state index contributed by atoms with van der Waals surface area (Å²) in [6.07, 6.45) is 2.57. The third-order valence-corrected chi connectivity index (χ3v) is 2.68. The van der Waals surface area contributed by atoms with Crippen LogP contribution in [0.3, 0.4) is 0 Å². The fourth-order valence-electron chi connectivity index (χ4n) is 1.54. The molecule has 0 aliphatic rings. The third kappa shape index (κ3) is 2.87. The van der Waals surface area contributed by atoms with Crippen molar-refractivity contribution in [1.29, 1.82) is 5.26 Å². The minimum atomic E-state index is -0.439. The summed E-state index contributed by atoms with van der Waals surface area (Å²) in [5.74, 6) is -0.439. The number of hydrogen-bond donors (Lipinski definition) is 1. The van der Waals surface area contributed by atoms with E-state index in [1.165, 1.54) is 12.4 Å². The van der Waals surface area contributed by atoms with E-state index in [0.717, 1.165) is 5.56 Å². The zero-order chi connectivity index (χ0) is 13.8. The van der Waals surface area contributed by atoms with E-state index in [-0.39, 0.29) is 10.8 Å². The van der Waals surface area contributed by atoms with Gasteiger partial charge in [0.05, 0.1) is 23.6 Å². The van der Waals surface area contributed by atoms with Gasteiger partial charge in [-0.05, 0) is 18.6 Å². The second-order valence-electron chi connectivity index (χ2n) is 3.79. The summed E-state index contributed by atoms with van der Waals surface area (Å²) in [5, 5.41) is 11.9. The van der Waals surface area contributed by atoms with Crippen LogP contribution in [0.4, 0.5) is 5.69 Å². The Balaban J connectivity index is 2.27. The second-order valence-corrected chi connectivity index (χ2v) is 4.18. The molecule has 0 saturated heterocycles. The van der Waals surface area contributed by atoms with Crippen molar-refractivity contribution in [3.8, 4) is 6.07 Å². The van der Waals surface area contributed by atoms with Crippen LogP contribution < -0.4 is 5.32 Å². The highest BCUT2D eigenvalue weighted by molar-refractivity contribution is 6.29. The fourth-order valence-corrected chi connectivity index (χ4v) is 1.63. The van der Waals surface area contributed by atoms with Crippen molar-refractivity contribution in [2.45, 2.75) is 6.92 Å². The van der Waals surface area contributed by atoms with Gasteiger partial charge in [-0.2, -0.15) is 5.26 Å². The Labute approximate surface area is 114 Å². The third-order valence-electron chi connectivity index (χ3n) is 2.49. The smallest absolute Gasteiger partial charge is 0.275 e. The first-order chi connectivity index (χ1) is 9.11. The van der Waals surface area contributed by atoms with E-state index in [9.17, 15) is 4.79 Å². The average molecular weight is 273 g/mol. The topological polar surface area (TPSA) is 78.7 Å². The standard InChI is InChI=1S/C13H9ClN4O/c1-8-3-2-4-10(9(8)5-15)18-13(19)11-6-17-12(14)7-16-11/h2-4,6-7H,1H3,(H,18,19). The minimum Gasteiger partial charge on any atom is -0.319 e. The number of rotatable bonds is 2. The molecule has 1 N–H and O–H groups in total. The summed E-state index contributed by atoms with van der Waals surface area (Å²) in [4.78, 5) is 19.6. The lowest BCUT2D eigenvalue weighted by Gasteiger charge is -2.08. The molecular weight excluding hydrogens is 264 g/mol. The van der Waals surface area contributed by atoms with Crippen LogP contribution in [0.25, 0.3) is 0 Å². The minimum absolute atomic E-state index is 0.134. The van der Waals surface area contributed by atoms with Gasteiger partial charge in [0, 0.05) is 0 Å². The molecule has 0 unspecified atom stereocenters. The molecule has 1 amide bonds. The molecule has 0 bridgehead atoms. The van der Waals surface area contributed by atoms with Crippen LogP contribution in [0.2, 0.25) is 5.15 Å². The molecule has 19 heavy (non-hydrogen) atoms. The van der Waals surface area contributed by atoms with Crippen LogP contribution >= 0.6 is 11.6 Å². The maximum absolute atomic E-state index is 11.9. The summed E-state index contributed by atoms with van der Waals surface area (Å²) in [5.41, 5.74) is 1.80. The number of nitrogens with zero attached hydrogens (tertiary/aromatic N) is 3. The summed E-state index contributed by atoms with van der Waals surface area (Å²) in [6.45, 7) is 1.80. The monoisotopic (exact) mass is 272 g/mol. The zero-order valence-corrected chi connectivity index (χ0v) is 10.8. The summed E-state index contributed by atoms with van der Waals surface area (Å²) in [7, 11) is 0. The van der Waals surface area contributed by atoms with Crippen molar-refractivity contribution < 1.29 is 4.79 Å². The largest absolute Gasteiger partial charge is 0.319 e. The Morgan fingerprint density at radius 3 is 2.79 bits per heavy atom. The number of aromatic nitrogens is 2. The van der Waals surface area contributed by atoms with Crippen LogP contribution in [-0.2, 0) is 0 Å². The maximum atomic E-state index is 11.9. The number of carbonyl (C=O) groups is 1. The number of nitrogens with one attached hydrogen (secondary N) is 1. The number of amides is 1. The quantitative estimate of drug-likeness (QED) is 0.911.